The lowest BCUT2D eigenvalue weighted by molar-refractivity contribution is 0.317. The Morgan fingerprint density at radius 2 is 2.00 bits per heavy atom. The number of halogens is 1. The summed E-state index contributed by atoms with van der Waals surface area (Å²) in [7, 11) is 0. The third kappa shape index (κ3) is 4.49. The second kappa shape index (κ2) is 6.33. The highest BCUT2D eigenvalue weighted by Crippen LogP contribution is 2.11. The molecular formula is C13H16ClNO. The molecule has 86 valence electrons. The summed E-state index contributed by atoms with van der Waals surface area (Å²) in [6.45, 7) is 4.17. The topological polar surface area (TPSA) is 32.6 Å². The van der Waals surface area contributed by atoms with E-state index in [4.69, 9.17) is 16.8 Å². The fourth-order valence-electron chi connectivity index (χ4n) is 1.33. The molecule has 0 aliphatic rings. The van der Waals surface area contributed by atoms with Gasteiger partial charge in [0.05, 0.1) is 5.71 Å². The lowest BCUT2D eigenvalue weighted by atomic mass is 10.1. The van der Waals surface area contributed by atoms with E-state index in [0.29, 0.717) is 11.6 Å². The molecule has 2 nitrogen and oxygen atoms in total. The molecular weight excluding hydrogens is 222 g/mol. The van der Waals surface area contributed by atoms with Gasteiger partial charge in [0.2, 0.25) is 0 Å². The molecule has 1 rings (SSSR count). The Morgan fingerprint density at radius 1 is 1.38 bits per heavy atom. The molecule has 0 unspecified atom stereocenters. The van der Waals surface area contributed by atoms with Crippen LogP contribution in [0.3, 0.4) is 0 Å². The van der Waals surface area contributed by atoms with Crippen molar-refractivity contribution in [1.82, 2.24) is 0 Å². The van der Waals surface area contributed by atoms with E-state index >= 15 is 0 Å². The highest BCUT2D eigenvalue weighted by Gasteiger charge is 1.99. The van der Waals surface area contributed by atoms with Crippen LogP contribution in [0.15, 0.2) is 35.5 Å². The summed E-state index contributed by atoms with van der Waals surface area (Å²) in [5, 5.41) is 12.8. The van der Waals surface area contributed by atoms with E-state index in [1.807, 2.05) is 36.4 Å². The minimum Gasteiger partial charge on any atom is -0.411 e. The van der Waals surface area contributed by atoms with Crippen LogP contribution in [0.5, 0.6) is 0 Å². The van der Waals surface area contributed by atoms with Gasteiger partial charge in [-0.2, -0.15) is 0 Å². The zero-order valence-electron chi connectivity index (χ0n) is 9.52. The van der Waals surface area contributed by atoms with Gasteiger partial charge in [0.1, 0.15) is 0 Å². The van der Waals surface area contributed by atoms with E-state index in [0.717, 1.165) is 17.0 Å². The lowest BCUT2D eigenvalue weighted by Gasteiger charge is -2.02. The molecule has 0 aliphatic heterocycles. The Morgan fingerprint density at radius 3 is 2.50 bits per heavy atom. The molecule has 16 heavy (non-hydrogen) atoms. The quantitative estimate of drug-likeness (QED) is 0.475. The number of hydrogen-bond donors (Lipinski definition) is 1. The highest BCUT2D eigenvalue weighted by molar-refractivity contribution is 6.30. The van der Waals surface area contributed by atoms with Crippen LogP contribution in [0.4, 0.5) is 0 Å². The first-order valence-corrected chi connectivity index (χ1v) is 5.64. The summed E-state index contributed by atoms with van der Waals surface area (Å²) in [6.07, 6.45) is 4.50. The zero-order valence-corrected chi connectivity index (χ0v) is 10.3. The van der Waals surface area contributed by atoms with Crippen LogP contribution in [0.25, 0.3) is 6.08 Å². The predicted octanol–water partition coefficient (Wildman–Crippen LogP) is 4.23. The Hall–Kier alpha value is -1.28. The Bertz CT molecular complexity index is 379. The van der Waals surface area contributed by atoms with E-state index in [-0.39, 0.29) is 0 Å². The number of allylic oxidation sites excluding steroid dienone is 1. The predicted molar refractivity (Wildman–Crippen MR) is 69.2 cm³/mol. The van der Waals surface area contributed by atoms with Gasteiger partial charge in [0.15, 0.2) is 0 Å². The van der Waals surface area contributed by atoms with Crippen LogP contribution in [0, 0.1) is 5.92 Å². The fourth-order valence-corrected chi connectivity index (χ4v) is 1.45. The molecule has 0 amide bonds. The van der Waals surface area contributed by atoms with Gasteiger partial charge in [-0.3, -0.25) is 0 Å². The van der Waals surface area contributed by atoms with Gasteiger partial charge in [-0.1, -0.05) is 48.8 Å². The van der Waals surface area contributed by atoms with Crippen molar-refractivity contribution < 1.29 is 5.21 Å². The van der Waals surface area contributed by atoms with Crippen molar-refractivity contribution in [3.05, 3.63) is 40.9 Å². The third-order valence-electron chi connectivity index (χ3n) is 2.08. The molecule has 0 aromatic heterocycles. The van der Waals surface area contributed by atoms with Crippen LogP contribution < -0.4 is 0 Å². The zero-order chi connectivity index (χ0) is 12.0. The largest absolute Gasteiger partial charge is 0.411 e. The summed E-state index contributed by atoms with van der Waals surface area (Å²) in [4.78, 5) is 0. The van der Waals surface area contributed by atoms with E-state index in [1.165, 1.54) is 0 Å². The number of nitrogens with zero attached hydrogens (tertiary/aromatic N) is 1. The van der Waals surface area contributed by atoms with Crippen LogP contribution in [-0.4, -0.2) is 10.9 Å². The molecule has 0 atom stereocenters. The molecule has 0 saturated heterocycles. The number of benzene rings is 1. The van der Waals surface area contributed by atoms with Gasteiger partial charge in [-0.15, -0.1) is 0 Å². The first-order valence-electron chi connectivity index (χ1n) is 5.26. The van der Waals surface area contributed by atoms with E-state index in [1.54, 1.807) is 0 Å². The van der Waals surface area contributed by atoms with Gasteiger partial charge in [0, 0.05) is 5.02 Å². The van der Waals surface area contributed by atoms with Gasteiger partial charge in [0.25, 0.3) is 0 Å². The number of hydrogen-bond acceptors (Lipinski definition) is 2. The van der Waals surface area contributed by atoms with Crippen molar-refractivity contribution in [2.24, 2.45) is 11.1 Å². The van der Waals surface area contributed by atoms with Crippen LogP contribution in [0.2, 0.25) is 5.02 Å². The minimum absolute atomic E-state index is 0.473. The highest BCUT2D eigenvalue weighted by atomic mass is 35.5. The molecule has 0 aliphatic carbocycles. The van der Waals surface area contributed by atoms with Crippen molar-refractivity contribution in [3.8, 4) is 0 Å². The van der Waals surface area contributed by atoms with Gasteiger partial charge in [-0.25, -0.2) is 0 Å². The van der Waals surface area contributed by atoms with E-state index in [2.05, 4.69) is 19.0 Å². The second-order valence-corrected chi connectivity index (χ2v) is 4.51. The minimum atomic E-state index is 0.473. The van der Waals surface area contributed by atoms with Gasteiger partial charge < -0.3 is 5.21 Å². The summed E-state index contributed by atoms with van der Waals surface area (Å²) in [5.74, 6) is 0.473. The van der Waals surface area contributed by atoms with E-state index < -0.39 is 0 Å². The van der Waals surface area contributed by atoms with E-state index in [9.17, 15) is 0 Å². The molecule has 0 heterocycles. The molecule has 0 saturated carbocycles. The molecule has 1 aromatic carbocycles. The Balaban J connectivity index is 2.68. The summed E-state index contributed by atoms with van der Waals surface area (Å²) in [5.41, 5.74) is 1.72. The molecule has 0 fully saturated rings. The van der Waals surface area contributed by atoms with Crippen molar-refractivity contribution >= 4 is 23.4 Å². The first-order chi connectivity index (χ1) is 7.61. The molecule has 1 N–H and O–H groups in total. The standard InChI is InChI=1S/C13H16ClNO/c1-10(2)9-13(15-16)8-5-11-3-6-12(14)7-4-11/h3-8,10,16H,9H2,1-2H3/b8-5+,15-13-. The fraction of sp³-hybridized carbons (Fsp3) is 0.308. The van der Waals surface area contributed by atoms with Crippen LogP contribution in [-0.2, 0) is 0 Å². The summed E-state index contributed by atoms with van der Waals surface area (Å²) < 4.78 is 0. The molecule has 3 heteroatoms. The average molecular weight is 238 g/mol. The molecule has 1 aromatic rings. The third-order valence-corrected chi connectivity index (χ3v) is 2.34. The Kier molecular flexibility index (Phi) is 5.06. The SMILES string of the molecule is CC(C)CC(/C=C/c1ccc(Cl)cc1)=N\O. The Labute approximate surface area is 101 Å². The smallest absolute Gasteiger partial charge is 0.0798 e. The van der Waals surface area contributed by atoms with Crippen molar-refractivity contribution in [2.45, 2.75) is 20.3 Å². The lowest BCUT2D eigenvalue weighted by Crippen LogP contribution is -1.99. The summed E-state index contributed by atoms with van der Waals surface area (Å²) >= 11 is 5.78. The van der Waals surface area contributed by atoms with Gasteiger partial charge in [-0.05, 0) is 36.1 Å². The molecule has 0 radical (unpaired) electrons. The maximum atomic E-state index is 8.81. The maximum Gasteiger partial charge on any atom is 0.0798 e. The maximum absolute atomic E-state index is 8.81. The molecule has 0 bridgehead atoms. The van der Waals surface area contributed by atoms with Crippen molar-refractivity contribution in [1.29, 1.82) is 0 Å². The average Bonchev–Trinajstić information content (AvgIpc) is 2.26. The van der Waals surface area contributed by atoms with Crippen LogP contribution in [0.1, 0.15) is 25.8 Å². The number of rotatable bonds is 4. The van der Waals surface area contributed by atoms with Crippen LogP contribution >= 0.6 is 11.6 Å². The van der Waals surface area contributed by atoms with Crippen molar-refractivity contribution in [3.63, 3.8) is 0 Å². The summed E-state index contributed by atoms with van der Waals surface area (Å²) in [6, 6.07) is 7.51. The van der Waals surface area contributed by atoms with Crippen molar-refractivity contribution in [2.75, 3.05) is 0 Å². The molecule has 0 spiro atoms. The first kappa shape index (κ1) is 12.8. The van der Waals surface area contributed by atoms with Gasteiger partial charge >= 0.3 is 0 Å². The second-order valence-electron chi connectivity index (χ2n) is 4.07. The number of oxime groups is 1. The monoisotopic (exact) mass is 237 g/mol. The normalized spacial score (nSPS) is 12.6.